The summed E-state index contributed by atoms with van der Waals surface area (Å²) in [5.41, 5.74) is 2.48. The molecule has 2 fully saturated rings. The average molecular weight is 712 g/mol. The van der Waals surface area contributed by atoms with Crippen LogP contribution in [0, 0.1) is 0 Å². The zero-order chi connectivity index (χ0) is 36.5. The van der Waals surface area contributed by atoms with Crippen molar-refractivity contribution in [2.75, 3.05) is 13.1 Å². The highest BCUT2D eigenvalue weighted by atomic mass is 16.4. The van der Waals surface area contributed by atoms with Crippen molar-refractivity contribution in [2.45, 2.75) is 50.2 Å². The van der Waals surface area contributed by atoms with Gasteiger partial charge >= 0.3 is 35.6 Å². The molecular weight excluding hydrogens is 674 g/mol. The summed E-state index contributed by atoms with van der Waals surface area (Å²) in [7, 11) is 0. The molecule has 2 N–H and O–H groups in total. The first-order valence-electron chi connectivity index (χ1n) is 17.9. The van der Waals surface area contributed by atoms with E-state index < -0.39 is 38.6 Å². The van der Waals surface area contributed by atoms with Crippen LogP contribution in [0.3, 0.4) is 0 Å². The van der Waals surface area contributed by atoms with Gasteiger partial charge in [-0.05, 0) is 36.8 Å². The molecule has 13 heteroatoms. The van der Waals surface area contributed by atoms with Crippen LogP contribution in [0.1, 0.15) is 36.8 Å². The highest BCUT2D eigenvalue weighted by Gasteiger charge is 2.69. The number of carbonyl (C=O) groups is 4. The lowest BCUT2D eigenvalue weighted by molar-refractivity contribution is -0.137. The lowest BCUT2D eigenvalue weighted by Gasteiger charge is -2.41. The van der Waals surface area contributed by atoms with Gasteiger partial charge in [0.1, 0.15) is 0 Å². The topological polar surface area (TPSA) is 146 Å². The van der Waals surface area contributed by atoms with Crippen LogP contribution in [-0.4, -0.2) is 83.7 Å². The lowest BCUT2D eigenvalue weighted by Crippen LogP contribution is -2.66. The number of likely N-dealkylation sites (tertiary alicyclic amines) is 2. The van der Waals surface area contributed by atoms with Gasteiger partial charge in [0.15, 0.2) is 34.4 Å². The van der Waals surface area contributed by atoms with Crippen molar-refractivity contribution < 1.29 is 29.4 Å². The quantitative estimate of drug-likeness (QED) is 0.288. The molecule has 0 spiro atoms. The molecule has 2 aromatic carbocycles. The van der Waals surface area contributed by atoms with Crippen molar-refractivity contribution in [1.82, 2.24) is 33.8 Å². The van der Waals surface area contributed by atoms with Gasteiger partial charge in [-0.15, -0.1) is 8.97 Å². The smallest absolute Gasteiger partial charge is 0.408 e. The van der Waals surface area contributed by atoms with Crippen molar-refractivity contribution in [3.8, 4) is 0 Å². The number of fused-ring (bicyclic) bond motifs is 4. The third kappa shape index (κ3) is 4.44. The molecule has 0 radical (unpaired) electrons. The summed E-state index contributed by atoms with van der Waals surface area (Å²) in [6, 6.07) is 18.1. The Bertz CT molecular complexity index is 2240. The maximum absolute atomic E-state index is 16.1. The maximum atomic E-state index is 16.1. The molecule has 1 aromatic heterocycles. The summed E-state index contributed by atoms with van der Waals surface area (Å²) < 4.78 is 0.579. The fourth-order valence-electron chi connectivity index (χ4n) is 9.34. The molecule has 0 saturated carbocycles. The minimum absolute atomic E-state index is 0.138. The van der Waals surface area contributed by atoms with E-state index in [-0.39, 0.29) is 44.2 Å². The normalized spacial score (nSPS) is 24.0. The van der Waals surface area contributed by atoms with Crippen molar-refractivity contribution >= 4 is 35.6 Å². The molecule has 2 saturated heterocycles. The van der Waals surface area contributed by atoms with Gasteiger partial charge in [-0.2, -0.15) is 4.68 Å². The molecular formula is C40H37N7O6+2. The van der Waals surface area contributed by atoms with Crippen LogP contribution in [0.25, 0.3) is 0 Å². The Morgan fingerprint density at radius 2 is 1.32 bits per heavy atom. The molecule has 53 heavy (non-hydrogen) atoms. The lowest BCUT2D eigenvalue weighted by atomic mass is 9.85. The van der Waals surface area contributed by atoms with E-state index in [1.807, 2.05) is 109 Å². The Labute approximate surface area is 304 Å². The minimum Gasteiger partial charge on any atom is -0.465 e. The largest absolute Gasteiger partial charge is 0.465 e. The van der Waals surface area contributed by atoms with E-state index in [4.69, 9.17) is 10.3 Å². The predicted molar refractivity (Wildman–Crippen MR) is 194 cm³/mol. The summed E-state index contributed by atoms with van der Waals surface area (Å²) in [6.45, 7) is 0.600. The zero-order valence-electron chi connectivity index (χ0n) is 28.8. The van der Waals surface area contributed by atoms with Crippen molar-refractivity contribution in [3.05, 3.63) is 143 Å². The SMILES string of the molecule is O=C(O)N1CCC[C@H]1C(=O)[N+]1(c2c([N+]3(C(=O)[C@@]4(Cc5ccccc5)CCCN4C(=O)O)C4=CC=C3C=C4)nnn2Cc2ccccc2)C2=CC=C1C=C2. The van der Waals surface area contributed by atoms with Gasteiger partial charge in [0.25, 0.3) is 0 Å². The molecule has 6 aliphatic rings. The van der Waals surface area contributed by atoms with Crippen LogP contribution >= 0.6 is 0 Å². The van der Waals surface area contributed by atoms with E-state index in [9.17, 15) is 19.8 Å². The summed E-state index contributed by atoms with van der Waals surface area (Å²) >= 11 is 0. The standard InChI is InChI=1S/C40H35N7O6/c48-36(33-13-7-23-43(33)38(50)51)47(31-18-19-32(47)21-20-31)35-34(41-42-45(35)26-28-11-5-2-6-12-28)46(29-14-15-30(46)17-16-29)37(49)40(22-8-24-44(40)39(52)53)25-27-9-3-1-4-10-27/h1-6,9-12,14-21,33H,7-8,13,22-26H2/p+2/t33-,40-/m0/s1. The molecule has 0 aliphatic carbocycles. The molecule has 9 rings (SSSR count). The Morgan fingerprint density at radius 3 is 1.89 bits per heavy atom. The number of quaternary nitrogens is 2. The summed E-state index contributed by atoms with van der Waals surface area (Å²) in [6.07, 6.45) is 14.2. The van der Waals surface area contributed by atoms with Crippen LogP contribution in [0.5, 0.6) is 0 Å². The van der Waals surface area contributed by atoms with Gasteiger partial charge in [0.05, 0.1) is 6.54 Å². The van der Waals surface area contributed by atoms with Crippen LogP contribution in [-0.2, 0) is 22.6 Å². The molecule has 266 valence electrons. The second-order valence-corrected chi connectivity index (χ2v) is 14.3. The molecule has 0 unspecified atom stereocenters. The molecule has 6 aliphatic heterocycles. The number of carboxylic acid groups (broad SMARTS) is 2. The van der Waals surface area contributed by atoms with E-state index >= 15 is 9.59 Å². The number of hydrogen-bond donors (Lipinski definition) is 2. The molecule has 7 heterocycles. The van der Waals surface area contributed by atoms with E-state index in [0.29, 0.717) is 47.9 Å². The summed E-state index contributed by atoms with van der Waals surface area (Å²) in [5.74, 6) is -0.314. The molecule has 4 bridgehead atoms. The zero-order valence-corrected chi connectivity index (χ0v) is 28.8. The van der Waals surface area contributed by atoms with E-state index in [0.717, 1.165) is 11.1 Å². The fraction of sp³-hybridized carbons (Fsp3) is 0.250. The van der Waals surface area contributed by atoms with E-state index in [1.165, 1.54) is 9.80 Å². The van der Waals surface area contributed by atoms with Crippen molar-refractivity contribution in [1.29, 1.82) is 0 Å². The van der Waals surface area contributed by atoms with Crippen molar-refractivity contribution in [2.24, 2.45) is 0 Å². The Kier molecular flexibility index (Phi) is 7.37. The molecule has 2 atom stereocenters. The van der Waals surface area contributed by atoms with Gasteiger partial charge < -0.3 is 10.2 Å². The second-order valence-electron chi connectivity index (χ2n) is 14.3. The first kappa shape index (κ1) is 32.7. The fourth-order valence-corrected chi connectivity index (χ4v) is 9.34. The van der Waals surface area contributed by atoms with Gasteiger partial charge in [0.2, 0.25) is 0 Å². The molecule has 3 aromatic rings. The third-order valence-electron chi connectivity index (χ3n) is 11.6. The first-order valence-corrected chi connectivity index (χ1v) is 17.9. The number of amides is 4. The van der Waals surface area contributed by atoms with Crippen LogP contribution in [0.15, 0.2) is 132 Å². The average Bonchev–Trinajstić information content (AvgIpc) is 4.04. The number of allylic oxidation sites excluding steroid dienone is 8. The summed E-state index contributed by atoms with van der Waals surface area (Å²) in [4.78, 5) is 59.6. The van der Waals surface area contributed by atoms with Crippen molar-refractivity contribution in [3.63, 3.8) is 0 Å². The molecule has 13 nitrogen and oxygen atoms in total. The number of benzene rings is 2. The number of carbonyl (C=O) groups excluding carboxylic acids is 2. The predicted octanol–water partition coefficient (Wildman–Crippen LogP) is 5.59. The van der Waals surface area contributed by atoms with Gasteiger partial charge in [-0.3, -0.25) is 9.80 Å². The molecule has 4 amide bonds. The highest BCUT2D eigenvalue weighted by molar-refractivity contribution is 6.09. The minimum atomic E-state index is -1.50. The number of rotatable bonds is 8. The van der Waals surface area contributed by atoms with Gasteiger partial charge in [-0.1, -0.05) is 71.0 Å². The maximum Gasteiger partial charge on any atom is 0.408 e. The number of nitrogens with zero attached hydrogens (tertiary/aromatic N) is 7. The van der Waals surface area contributed by atoms with Crippen LogP contribution in [0.2, 0.25) is 0 Å². The highest BCUT2D eigenvalue weighted by Crippen LogP contribution is 2.56. The van der Waals surface area contributed by atoms with E-state index in [1.54, 1.807) is 4.68 Å². The Balaban J connectivity index is 1.31. The van der Waals surface area contributed by atoms with Gasteiger partial charge in [0, 0.05) is 68.1 Å². The van der Waals surface area contributed by atoms with E-state index in [2.05, 4.69) is 0 Å². The van der Waals surface area contributed by atoms with Gasteiger partial charge in [-0.25, -0.2) is 19.2 Å². The number of hydrogen-bond acceptors (Lipinski definition) is 6. The third-order valence-corrected chi connectivity index (χ3v) is 11.6. The Morgan fingerprint density at radius 1 is 0.736 bits per heavy atom. The van der Waals surface area contributed by atoms with Crippen LogP contribution in [0.4, 0.5) is 21.2 Å². The number of aromatic nitrogens is 3. The monoisotopic (exact) mass is 711 g/mol. The summed E-state index contributed by atoms with van der Waals surface area (Å²) in [5, 5.41) is 30.5. The second kappa shape index (κ2) is 11.9. The Hall–Kier alpha value is -6.18. The van der Waals surface area contributed by atoms with Crippen LogP contribution < -0.4 is 8.97 Å². The first-order chi connectivity index (χ1) is 25.7.